The van der Waals surface area contributed by atoms with Crippen molar-refractivity contribution in [3.63, 3.8) is 0 Å². The summed E-state index contributed by atoms with van der Waals surface area (Å²) in [6, 6.07) is 7.11. The lowest BCUT2D eigenvalue weighted by molar-refractivity contribution is -0.143. The molecular weight excluding hydrogens is 348 g/mol. The Labute approximate surface area is 157 Å². The van der Waals surface area contributed by atoms with Gasteiger partial charge >= 0.3 is 5.97 Å². The highest BCUT2D eigenvalue weighted by Crippen LogP contribution is 2.38. The summed E-state index contributed by atoms with van der Waals surface area (Å²) in [6.07, 6.45) is 5.88. The number of aliphatic carboxylic acids is 1. The molecule has 0 bridgehead atoms. The van der Waals surface area contributed by atoms with E-state index in [2.05, 4.69) is 11.4 Å². The van der Waals surface area contributed by atoms with Gasteiger partial charge in [0, 0.05) is 5.92 Å². The third-order valence-electron chi connectivity index (χ3n) is 4.72. The van der Waals surface area contributed by atoms with E-state index in [1.165, 1.54) is 0 Å². The molecule has 2 aromatic rings. The number of hydrogen-bond acceptors (Lipinski definition) is 4. The molecule has 0 aliphatic heterocycles. The predicted octanol–water partition coefficient (Wildman–Crippen LogP) is 3.96. The minimum absolute atomic E-state index is 0.00843. The molecule has 1 amide bonds. The van der Waals surface area contributed by atoms with Crippen LogP contribution < -0.4 is 5.32 Å². The highest BCUT2D eigenvalue weighted by atomic mass is 32.1. The molecule has 2 unspecified atom stereocenters. The van der Waals surface area contributed by atoms with Crippen LogP contribution in [-0.2, 0) is 9.59 Å². The van der Waals surface area contributed by atoms with E-state index in [1.54, 1.807) is 11.3 Å². The number of aromatic nitrogens is 1. The first kappa shape index (κ1) is 18.6. The predicted molar refractivity (Wildman–Crippen MR) is 103 cm³/mol. The van der Waals surface area contributed by atoms with E-state index >= 15 is 0 Å². The molecule has 26 heavy (non-hydrogen) atoms. The Hall–Kier alpha value is -2.21. The van der Waals surface area contributed by atoms with Gasteiger partial charge in [0.25, 0.3) is 0 Å². The highest BCUT2D eigenvalue weighted by Gasteiger charge is 2.34. The summed E-state index contributed by atoms with van der Waals surface area (Å²) in [6.45, 7) is 3.91. The zero-order chi connectivity index (χ0) is 18.7. The Kier molecular flexibility index (Phi) is 5.71. The Morgan fingerprint density at radius 3 is 2.69 bits per heavy atom. The van der Waals surface area contributed by atoms with E-state index in [-0.39, 0.29) is 23.7 Å². The summed E-state index contributed by atoms with van der Waals surface area (Å²) in [5.41, 5.74) is 0.949. The van der Waals surface area contributed by atoms with Gasteiger partial charge in [-0.05, 0) is 37.3 Å². The number of carboxylic acids is 1. The van der Waals surface area contributed by atoms with Crippen LogP contribution >= 0.6 is 11.3 Å². The monoisotopic (exact) mass is 372 g/mol. The van der Waals surface area contributed by atoms with Crippen LogP contribution in [-0.4, -0.2) is 28.0 Å². The lowest BCUT2D eigenvalue weighted by Gasteiger charge is -2.27. The van der Waals surface area contributed by atoms with E-state index in [1.807, 2.05) is 44.2 Å². The first-order chi connectivity index (χ1) is 12.5. The van der Waals surface area contributed by atoms with Gasteiger partial charge in [-0.1, -0.05) is 38.1 Å². The van der Waals surface area contributed by atoms with Gasteiger partial charge < -0.3 is 10.4 Å². The number of nitrogens with one attached hydrogen (secondary N) is 1. The number of rotatable bonds is 6. The van der Waals surface area contributed by atoms with Crippen molar-refractivity contribution < 1.29 is 14.7 Å². The maximum Gasteiger partial charge on any atom is 0.326 e. The minimum Gasteiger partial charge on any atom is -0.480 e. The third kappa shape index (κ3) is 4.12. The average Bonchev–Trinajstić information content (AvgIpc) is 3.04. The Morgan fingerprint density at radius 1 is 1.27 bits per heavy atom. The normalized spacial score (nSPS) is 21.0. The number of amides is 1. The quantitative estimate of drug-likeness (QED) is 0.752. The second-order valence-electron chi connectivity index (χ2n) is 7.20. The molecule has 6 heteroatoms. The highest BCUT2D eigenvalue weighted by molar-refractivity contribution is 7.18. The molecule has 0 spiro atoms. The number of thiazole rings is 1. The van der Waals surface area contributed by atoms with Crippen LogP contribution in [0.3, 0.4) is 0 Å². The fourth-order valence-corrected chi connectivity index (χ4v) is 4.54. The molecule has 3 atom stereocenters. The Morgan fingerprint density at radius 2 is 2.00 bits per heavy atom. The Balaban J connectivity index is 1.81. The van der Waals surface area contributed by atoms with Crippen LogP contribution in [0.5, 0.6) is 0 Å². The number of fused-ring (bicyclic) bond motifs is 1. The number of carbonyl (C=O) groups is 2. The van der Waals surface area contributed by atoms with Crippen molar-refractivity contribution in [2.75, 3.05) is 0 Å². The van der Waals surface area contributed by atoms with Crippen molar-refractivity contribution in [2.24, 2.45) is 11.8 Å². The van der Waals surface area contributed by atoms with E-state index in [9.17, 15) is 14.7 Å². The lowest BCUT2D eigenvalue weighted by Crippen LogP contribution is -2.45. The zero-order valence-corrected chi connectivity index (χ0v) is 15.8. The standard InChI is InChI=1S/C20H24N2O3S/c1-12(2)11-16(20(24)25)21-18(23)13-7-3-4-8-14(13)19-22-15-9-5-6-10-17(15)26-19/h3-6,9-10,12-14,16H,7-8,11H2,1-2H3,(H,21,23)(H,24,25)/t13?,14?,16-/m1/s1. The van der Waals surface area contributed by atoms with Crippen molar-refractivity contribution in [3.05, 3.63) is 41.4 Å². The summed E-state index contributed by atoms with van der Waals surface area (Å²) in [5, 5.41) is 13.1. The summed E-state index contributed by atoms with van der Waals surface area (Å²) in [5.74, 6) is -1.26. The maximum atomic E-state index is 12.9. The molecule has 1 aromatic carbocycles. The second-order valence-corrected chi connectivity index (χ2v) is 8.27. The SMILES string of the molecule is CC(C)C[C@@H](NC(=O)C1CC=CCC1c1nc2ccccc2s1)C(=O)O. The summed E-state index contributed by atoms with van der Waals surface area (Å²) in [4.78, 5) is 29.1. The number of nitrogens with zero attached hydrogens (tertiary/aromatic N) is 1. The van der Waals surface area contributed by atoms with Crippen LogP contribution in [0.15, 0.2) is 36.4 Å². The van der Waals surface area contributed by atoms with E-state index < -0.39 is 12.0 Å². The van der Waals surface area contributed by atoms with E-state index in [4.69, 9.17) is 4.98 Å². The fourth-order valence-electron chi connectivity index (χ4n) is 3.40. The topological polar surface area (TPSA) is 79.3 Å². The summed E-state index contributed by atoms with van der Waals surface area (Å²) >= 11 is 1.62. The van der Waals surface area contributed by atoms with E-state index in [0.29, 0.717) is 12.8 Å². The van der Waals surface area contributed by atoms with Crippen molar-refractivity contribution in [1.82, 2.24) is 10.3 Å². The van der Waals surface area contributed by atoms with Gasteiger partial charge in [-0.2, -0.15) is 0 Å². The van der Waals surface area contributed by atoms with Gasteiger partial charge in [-0.3, -0.25) is 4.79 Å². The second kappa shape index (κ2) is 7.99. The number of carboxylic acid groups (broad SMARTS) is 1. The molecule has 2 N–H and O–H groups in total. The molecule has 138 valence electrons. The third-order valence-corrected chi connectivity index (χ3v) is 5.89. The number of hydrogen-bond donors (Lipinski definition) is 2. The molecule has 0 radical (unpaired) electrons. The lowest BCUT2D eigenvalue weighted by atomic mass is 9.82. The van der Waals surface area contributed by atoms with Crippen molar-refractivity contribution in [2.45, 2.75) is 45.1 Å². The van der Waals surface area contributed by atoms with Crippen LogP contribution in [0.25, 0.3) is 10.2 Å². The molecule has 0 saturated carbocycles. The van der Waals surface area contributed by atoms with Crippen LogP contribution in [0.1, 0.15) is 44.0 Å². The van der Waals surface area contributed by atoms with Gasteiger partial charge in [0.2, 0.25) is 5.91 Å². The van der Waals surface area contributed by atoms with E-state index in [0.717, 1.165) is 21.6 Å². The minimum atomic E-state index is -0.977. The summed E-state index contributed by atoms with van der Waals surface area (Å²) < 4.78 is 1.11. The van der Waals surface area contributed by atoms with Crippen molar-refractivity contribution in [3.8, 4) is 0 Å². The van der Waals surface area contributed by atoms with Crippen LogP contribution in [0.2, 0.25) is 0 Å². The molecule has 1 aliphatic carbocycles. The fraction of sp³-hybridized carbons (Fsp3) is 0.450. The van der Waals surface area contributed by atoms with Gasteiger partial charge in [-0.25, -0.2) is 9.78 Å². The largest absolute Gasteiger partial charge is 0.480 e. The first-order valence-corrected chi connectivity index (χ1v) is 9.81. The molecule has 0 fully saturated rings. The van der Waals surface area contributed by atoms with Crippen LogP contribution in [0.4, 0.5) is 0 Å². The van der Waals surface area contributed by atoms with Gasteiger partial charge in [0.15, 0.2) is 0 Å². The maximum absolute atomic E-state index is 12.9. The van der Waals surface area contributed by atoms with Crippen LogP contribution in [0, 0.1) is 11.8 Å². The summed E-state index contributed by atoms with van der Waals surface area (Å²) in [7, 11) is 0. The number of para-hydroxylation sites is 1. The molecule has 0 saturated heterocycles. The van der Waals surface area contributed by atoms with Crippen molar-refractivity contribution >= 4 is 33.4 Å². The molecule has 1 heterocycles. The van der Waals surface area contributed by atoms with Crippen molar-refractivity contribution in [1.29, 1.82) is 0 Å². The average molecular weight is 372 g/mol. The molecule has 3 rings (SSSR count). The molecule has 1 aliphatic rings. The van der Waals surface area contributed by atoms with Gasteiger partial charge in [-0.15, -0.1) is 11.3 Å². The smallest absolute Gasteiger partial charge is 0.326 e. The Bertz CT molecular complexity index is 794. The zero-order valence-electron chi connectivity index (χ0n) is 15.0. The number of allylic oxidation sites excluding steroid dienone is 2. The van der Waals surface area contributed by atoms with Gasteiger partial charge in [0.05, 0.1) is 21.1 Å². The first-order valence-electron chi connectivity index (χ1n) is 8.99. The molecular formula is C20H24N2O3S. The number of benzene rings is 1. The molecule has 5 nitrogen and oxygen atoms in total. The molecule has 1 aromatic heterocycles. The number of carbonyl (C=O) groups excluding carboxylic acids is 1. The van der Waals surface area contributed by atoms with Gasteiger partial charge in [0.1, 0.15) is 6.04 Å².